The zero-order chi connectivity index (χ0) is 12.6. The van der Waals surface area contributed by atoms with Crippen LogP contribution in [0.3, 0.4) is 0 Å². The monoisotopic (exact) mass is 252 g/mol. The molecule has 0 bridgehead atoms. The lowest BCUT2D eigenvalue weighted by Gasteiger charge is -2.40. The van der Waals surface area contributed by atoms with E-state index in [0.29, 0.717) is 5.92 Å². The molecule has 17 heavy (non-hydrogen) atoms. The molecule has 0 aromatic carbocycles. The first-order valence-electron chi connectivity index (χ1n) is 6.70. The number of aryl methyl sites for hydroxylation is 1. The molecule has 1 aromatic heterocycles. The molecule has 4 unspecified atom stereocenters. The van der Waals surface area contributed by atoms with Gasteiger partial charge in [0.2, 0.25) is 0 Å². The Morgan fingerprint density at radius 3 is 2.53 bits per heavy atom. The van der Waals surface area contributed by atoms with Gasteiger partial charge in [-0.15, -0.1) is 11.3 Å². The van der Waals surface area contributed by atoms with Gasteiger partial charge in [-0.3, -0.25) is 0 Å². The van der Waals surface area contributed by atoms with Crippen molar-refractivity contribution in [1.82, 2.24) is 0 Å². The van der Waals surface area contributed by atoms with Crippen LogP contribution in [0.15, 0.2) is 11.4 Å². The van der Waals surface area contributed by atoms with E-state index in [1.54, 1.807) is 11.3 Å². The molecule has 1 aliphatic rings. The third kappa shape index (κ3) is 2.43. The van der Waals surface area contributed by atoms with E-state index in [0.717, 1.165) is 24.7 Å². The molecule has 0 amide bonds. The molecule has 1 saturated carbocycles. The summed E-state index contributed by atoms with van der Waals surface area (Å²) in [6.07, 6.45) is 3.58. The van der Waals surface area contributed by atoms with Crippen LogP contribution in [0.25, 0.3) is 0 Å². The average Bonchev–Trinajstić information content (AvgIpc) is 2.69. The molecule has 0 saturated heterocycles. The summed E-state index contributed by atoms with van der Waals surface area (Å²) in [7, 11) is 0. The summed E-state index contributed by atoms with van der Waals surface area (Å²) < 4.78 is 0. The Labute approximate surface area is 109 Å². The molecule has 0 spiro atoms. The van der Waals surface area contributed by atoms with Gasteiger partial charge in [0.15, 0.2) is 0 Å². The van der Waals surface area contributed by atoms with Gasteiger partial charge in [-0.25, -0.2) is 0 Å². The highest BCUT2D eigenvalue weighted by Crippen LogP contribution is 2.45. The SMILES string of the molecule is Cc1ccsc1C(C)(O)C1CCC(C)C(C)C1. The van der Waals surface area contributed by atoms with Crippen LogP contribution in [-0.2, 0) is 5.60 Å². The smallest absolute Gasteiger partial charge is 0.0990 e. The molecule has 96 valence electrons. The third-order valence-electron chi connectivity index (χ3n) is 4.71. The Morgan fingerprint density at radius 2 is 2.00 bits per heavy atom. The van der Waals surface area contributed by atoms with Crippen LogP contribution in [0.2, 0.25) is 0 Å². The Bertz CT molecular complexity index is 380. The van der Waals surface area contributed by atoms with Gasteiger partial charge in [-0.2, -0.15) is 0 Å². The lowest BCUT2D eigenvalue weighted by atomic mass is 9.69. The summed E-state index contributed by atoms with van der Waals surface area (Å²) in [4.78, 5) is 1.17. The molecule has 1 aliphatic carbocycles. The van der Waals surface area contributed by atoms with Gasteiger partial charge in [0.1, 0.15) is 0 Å². The molecule has 0 aliphatic heterocycles. The minimum atomic E-state index is -0.632. The maximum atomic E-state index is 10.9. The maximum absolute atomic E-state index is 10.9. The number of hydrogen-bond acceptors (Lipinski definition) is 2. The lowest BCUT2D eigenvalue weighted by molar-refractivity contribution is -0.0346. The van der Waals surface area contributed by atoms with Crippen LogP contribution in [-0.4, -0.2) is 5.11 Å². The third-order valence-corrected chi connectivity index (χ3v) is 5.96. The van der Waals surface area contributed by atoms with Crippen molar-refractivity contribution in [3.05, 3.63) is 21.9 Å². The van der Waals surface area contributed by atoms with E-state index in [-0.39, 0.29) is 0 Å². The number of aliphatic hydroxyl groups is 1. The van der Waals surface area contributed by atoms with Gasteiger partial charge in [0, 0.05) is 4.88 Å². The van der Waals surface area contributed by atoms with Crippen molar-refractivity contribution in [3.63, 3.8) is 0 Å². The number of thiophene rings is 1. The van der Waals surface area contributed by atoms with Crippen LogP contribution < -0.4 is 0 Å². The van der Waals surface area contributed by atoms with Crippen LogP contribution in [0.4, 0.5) is 0 Å². The summed E-state index contributed by atoms with van der Waals surface area (Å²) in [6, 6.07) is 2.11. The molecule has 0 radical (unpaired) electrons. The van der Waals surface area contributed by atoms with Gasteiger partial charge < -0.3 is 5.11 Å². The molecule has 2 heteroatoms. The largest absolute Gasteiger partial charge is 0.384 e. The first-order chi connectivity index (χ1) is 7.93. The zero-order valence-corrected chi connectivity index (χ0v) is 12.2. The lowest BCUT2D eigenvalue weighted by Crippen LogP contribution is -2.36. The highest BCUT2D eigenvalue weighted by atomic mass is 32.1. The van der Waals surface area contributed by atoms with E-state index in [2.05, 4.69) is 32.2 Å². The van der Waals surface area contributed by atoms with E-state index < -0.39 is 5.60 Å². The molecule has 1 aromatic rings. The van der Waals surface area contributed by atoms with Crippen molar-refractivity contribution in [2.75, 3.05) is 0 Å². The van der Waals surface area contributed by atoms with Gasteiger partial charge in [0.05, 0.1) is 5.60 Å². The summed E-state index contributed by atoms with van der Waals surface area (Å²) in [5.41, 5.74) is 0.610. The van der Waals surface area contributed by atoms with Gasteiger partial charge in [0.25, 0.3) is 0 Å². The van der Waals surface area contributed by atoms with Crippen LogP contribution in [0, 0.1) is 24.7 Å². The Hall–Kier alpha value is -0.340. The Kier molecular flexibility index (Phi) is 3.65. The normalized spacial score (nSPS) is 33.4. The fraction of sp³-hybridized carbons (Fsp3) is 0.733. The molecule has 1 N–H and O–H groups in total. The van der Waals surface area contributed by atoms with E-state index in [4.69, 9.17) is 0 Å². The quantitative estimate of drug-likeness (QED) is 0.830. The topological polar surface area (TPSA) is 20.2 Å². The molecule has 1 heterocycles. The van der Waals surface area contributed by atoms with E-state index >= 15 is 0 Å². The fourth-order valence-corrected chi connectivity index (χ4v) is 4.20. The second-order valence-electron chi connectivity index (χ2n) is 6.04. The summed E-state index contributed by atoms with van der Waals surface area (Å²) >= 11 is 1.70. The van der Waals surface area contributed by atoms with Gasteiger partial charge in [-0.05, 0) is 61.5 Å². The van der Waals surface area contributed by atoms with Crippen molar-refractivity contribution in [3.8, 4) is 0 Å². The predicted octanol–water partition coefficient (Wildman–Crippen LogP) is 4.34. The second-order valence-corrected chi connectivity index (χ2v) is 6.96. The summed E-state index contributed by atoms with van der Waals surface area (Å²) in [5, 5.41) is 13.0. The Balaban J connectivity index is 2.19. The van der Waals surface area contributed by atoms with Crippen molar-refractivity contribution in [2.45, 2.75) is 52.6 Å². The van der Waals surface area contributed by atoms with E-state index in [9.17, 15) is 5.11 Å². The van der Waals surface area contributed by atoms with Crippen LogP contribution in [0.5, 0.6) is 0 Å². The minimum absolute atomic E-state index is 0.422. The van der Waals surface area contributed by atoms with Crippen LogP contribution >= 0.6 is 11.3 Å². The average molecular weight is 252 g/mol. The highest BCUT2D eigenvalue weighted by molar-refractivity contribution is 7.10. The highest BCUT2D eigenvalue weighted by Gasteiger charge is 2.39. The standard InChI is InChI=1S/C15H24OS/c1-10-5-6-13(9-12(10)3)15(4,16)14-11(2)7-8-17-14/h7-8,10,12-13,16H,5-6,9H2,1-4H3. The molecule has 2 rings (SSSR count). The summed E-state index contributed by atoms with van der Waals surface area (Å²) in [5.74, 6) is 1.97. The molecule has 1 fully saturated rings. The molecular weight excluding hydrogens is 228 g/mol. The molecular formula is C15H24OS. The van der Waals surface area contributed by atoms with Crippen molar-refractivity contribution < 1.29 is 5.11 Å². The van der Waals surface area contributed by atoms with Gasteiger partial charge >= 0.3 is 0 Å². The fourth-order valence-electron chi connectivity index (χ4n) is 3.13. The first-order valence-corrected chi connectivity index (χ1v) is 7.57. The van der Waals surface area contributed by atoms with Gasteiger partial charge in [-0.1, -0.05) is 20.3 Å². The van der Waals surface area contributed by atoms with Crippen LogP contribution in [0.1, 0.15) is 50.5 Å². The predicted molar refractivity (Wildman–Crippen MR) is 74.3 cm³/mol. The van der Waals surface area contributed by atoms with Crippen molar-refractivity contribution in [2.24, 2.45) is 17.8 Å². The molecule has 1 nitrogen and oxygen atoms in total. The maximum Gasteiger partial charge on any atom is 0.0990 e. The number of hydrogen-bond donors (Lipinski definition) is 1. The molecule has 4 atom stereocenters. The zero-order valence-electron chi connectivity index (χ0n) is 11.4. The minimum Gasteiger partial charge on any atom is -0.384 e. The van der Waals surface area contributed by atoms with E-state index in [1.807, 2.05) is 6.92 Å². The summed E-state index contributed by atoms with van der Waals surface area (Å²) in [6.45, 7) is 8.79. The van der Waals surface area contributed by atoms with E-state index in [1.165, 1.54) is 16.9 Å². The second kappa shape index (κ2) is 4.74. The Morgan fingerprint density at radius 1 is 1.29 bits per heavy atom. The first kappa shape index (κ1) is 13.1. The number of rotatable bonds is 2. The van der Waals surface area contributed by atoms with Crippen molar-refractivity contribution >= 4 is 11.3 Å². The van der Waals surface area contributed by atoms with Crippen molar-refractivity contribution in [1.29, 1.82) is 0 Å².